The van der Waals surface area contributed by atoms with E-state index in [-0.39, 0.29) is 12.5 Å². The summed E-state index contributed by atoms with van der Waals surface area (Å²) in [4.78, 5) is 12.9. The lowest BCUT2D eigenvalue weighted by atomic mass is 9.99. The van der Waals surface area contributed by atoms with Gasteiger partial charge in [-0.15, -0.1) is 0 Å². The van der Waals surface area contributed by atoms with Crippen LogP contribution >= 0.6 is 0 Å². The van der Waals surface area contributed by atoms with Gasteiger partial charge in [0.2, 0.25) is 5.91 Å². The first-order valence-corrected chi connectivity index (χ1v) is 27.7. The van der Waals surface area contributed by atoms with E-state index in [0.717, 1.165) is 44.9 Å². The minimum Gasteiger partial charge on any atom is -0.394 e. The van der Waals surface area contributed by atoms with E-state index < -0.39 is 49.5 Å². The van der Waals surface area contributed by atoms with Crippen LogP contribution in [0.5, 0.6) is 0 Å². The summed E-state index contributed by atoms with van der Waals surface area (Å²) in [5.41, 5.74) is 0. The van der Waals surface area contributed by atoms with Gasteiger partial charge in [0.1, 0.15) is 24.4 Å². The molecule has 1 heterocycles. The number of carbonyl (C=O) groups is 1. The zero-order valence-electron chi connectivity index (χ0n) is 42.3. The van der Waals surface area contributed by atoms with Crippen LogP contribution in [0.4, 0.5) is 0 Å². The van der Waals surface area contributed by atoms with E-state index in [2.05, 4.69) is 43.5 Å². The predicted octanol–water partition coefficient (Wildman–Crippen LogP) is 13.2. The van der Waals surface area contributed by atoms with Gasteiger partial charge in [-0.05, 0) is 44.9 Å². The van der Waals surface area contributed by atoms with Gasteiger partial charge >= 0.3 is 0 Å². The maximum atomic E-state index is 12.9. The van der Waals surface area contributed by atoms with Crippen LogP contribution in [0.2, 0.25) is 0 Å². The number of aliphatic hydroxyl groups is 5. The first-order valence-electron chi connectivity index (χ1n) is 27.7. The second-order valence-electron chi connectivity index (χ2n) is 19.4. The van der Waals surface area contributed by atoms with Crippen molar-refractivity contribution in [1.82, 2.24) is 5.32 Å². The first-order chi connectivity index (χ1) is 31.8. The molecule has 1 fully saturated rings. The SMILES string of the molecule is CCCCCCCCCCCCCCCCCCCCCCC/C=C/CC/C=C/CC/C=C/C(O)C(COC1OC(CO)C(O)C(O)C1O)NC(=O)CCCCCCCCCCCCC. The highest BCUT2D eigenvalue weighted by molar-refractivity contribution is 5.76. The van der Waals surface area contributed by atoms with Gasteiger partial charge in [0, 0.05) is 6.42 Å². The lowest BCUT2D eigenvalue weighted by Gasteiger charge is -2.40. The van der Waals surface area contributed by atoms with Crippen LogP contribution < -0.4 is 5.32 Å². The Morgan fingerprint density at radius 1 is 0.508 bits per heavy atom. The minimum absolute atomic E-state index is 0.191. The molecule has 9 heteroatoms. The fourth-order valence-electron chi connectivity index (χ4n) is 8.78. The van der Waals surface area contributed by atoms with Crippen LogP contribution in [0.3, 0.4) is 0 Å². The van der Waals surface area contributed by atoms with E-state index in [4.69, 9.17) is 9.47 Å². The standard InChI is InChI=1S/C56H105NO8/c1-3-5-7-9-11-13-15-16-17-18-19-20-21-22-23-24-25-26-27-28-29-30-31-32-33-34-36-37-39-41-43-45-50(59)49(48-64-56-55(63)54(62)53(61)51(47-58)65-56)57-52(60)46-44-42-40-38-35-14-12-10-8-6-4-2/h31-32,36-37,43,45,49-51,53-56,58-59,61-63H,3-30,33-35,38-42,44,46-48H2,1-2H3,(H,57,60)/b32-31+,37-36+,45-43+. The fraction of sp³-hybridized carbons (Fsp3) is 0.875. The molecule has 6 N–H and O–H groups in total. The van der Waals surface area contributed by atoms with Crippen molar-refractivity contribution < 1.29 is 39.8 Å². The first kappa shape index (κ1) is 61.4. The Hall–Kier alpha value is -1.59. The molecule has 382 valence electrons. The van der Waals surface area contributed by atoms with Gasteiger partial charge in [0.15, 0.2) is 6.29 Å². The Balaban J connectivity index is 2.19. The van der Waals surface area contributed by atoms with Crippen molar-refractivity contribution in [1.29, 1.82) is 0 Å². The Morgan fingerprint density at radius 3 is 1.29 bits per heavy atom. The Kier molecular flexibility index (Phi) is 43.6. The molecule has 0 saturated carbocycles. The quantitative estimate of drug-likeness (QED) is 0.0261. The maximum Gasteiger partial charge on any atom is 0.220 e. The molecule has 1 saturated heterocycles. The van der Waals surface area contributed by atoms with Crippen molar-refractivity contribution in [2.45, 2.75) is 301 Å². The molecule has 0 spiro atoms. The smallest absolute Gasteiger partial charge is 0.220 e. The fourth-order valence-corrected chi connectivity index (χ4v) is 8.78. The zero-order chi connectivity index (χ0) is 47.3. The largest absolute Gasteiger partial charge is 0.394 e. The van der Waals surface area contributed by atoms with Crippen LogP contribution in [0.1, 0.15) is 258 Å². The third-order valence-electron chi connectivity index (χ3n) is 13.2. The Labute approximate surface area is 400 Å². The molecule has 65 heavy (non-hydrogen) atoms. The molecule has 1 amide bonds. The zero-order valence-corrected chi connectivity index (χ0v) is 42.3. The summed E-state index contributed by atoms with van der Waals surface area (Å²) in [5.74, 6) is -0.191. The lowest BCUT2D eigenvalue weighted by Crippen LogP contribution is -2.60. The topological polar surface area (TPSA) is 149 Å². The summed E-state index contributed by atoms with van der Waals surface area (Å²) in [7, 11) is 0. The monoisotopic (exact) mass is 920 g/mol. The second-order valence-corrected chi connectivity index (χ2v) is 19.4. The van der Waals surface area contributed by atoms with Crippen molar-refractivity contribution in [3.05, 3.63) is 36.5 Å². The molecule has 0 aromatic rings. The number of nitrogens with one attached hydrogen (secondary N) is 1. The molecule has 1 aliphatic heterocycles. The van der Waals surface area contributed by atoms with Crippen molar-refractivity contribution >= 4 is 5.91 Å². The number of rotatable bonds is 47. The minimum atomic E-state index is -1.57. The van der Waals surface area contributed by atoms with Crippen molar-refractivity contribution in [3.63, 3.8) is 0 Å². The van der Waals surface area contributed by atoms with E-state index in [0.29, 0.717) is 6.42 Å². The number of aliphatic hydroxyl groups excluding tert-OH is 5. The number of unbranched alkanes of at least 4 members (excludes halogenated alkanes) is 33. The van der Waals surface area contributed by atoms with Crippen molar-refractivity contribution in [2.75, 3.05) is 13.2 Å². The van der Waals surface area contributed by atoms with E-state index in [1.807, 2.05) is 6.08 Å². The van der Waals surface area contributed by atoms with Crippen LogP contribution in [0, 0.1) is 0 Å². The second kappa shape index (κ2) is 46.2. The number of hydrogen-bond donors (Lipinski definition) is 6. The Bertz CT molecular complexity index is 1110. The highest BCUT2D eigenvalue weighted by Gasteiger charge is 2.44. The van der Waals surface area contributed by atoms with Gasteiger partial charge in [-0.25, -0.2) is 0 Å². The number of carbonyl (C=O) groups excluding carboxylic acids is 1. The summed E-state index contributed by atoms with van der Waals surface area (Å²) >= 11 is 0. The molecule has 1 aliphatic rings. The highest BCUT2D eigenvalue weighted by Crippen LogP contribution is 2.23. The number of ether oxygens (including phenoxy) is 2. The number of amides is 1. The molecule has 1 rings (SSSR count). The highest BCUT2D eigenvalue weighted by atomic mass is 16.7. The van der Waals surface area contributed by atoms with Gasteiger partial charge in [0.25, 0.3) is 0 Å². The van der Waals surface area contributed by atoms with Gasteiger partial charge in [0.05, 0.1) is 25.4 Å². The van der Waals surface area contributed by atoms with Crippen LogP contribution in [0.15, 0.2) is 36.5 Å². The summed E-state index contributed by atoms with van der Waals surface area (Å²) in [6.45, 7) is 3.76. The normalized spacial score (nSPS) is 20.1. The molecule has 0 bridgehead atoms. The van der Waals surface area contributed by atoms with E-state index in [1.54, 1.807) is 6.08 Å². The summed E-state index contributed by atoms with van der Waals surface area (Å²) in [6, 6.07) is -0.824. The van der Waals surface area contributed by atoms with E-state index in [9.17, 15) is 30.3 Å². The lowest BCUT2D eigenvalue weighted by molar-refractivity contribution is -0.302. The summed E-state index contributed by atoms with van der Waals surface area (Å²) < 4.78 is 11.2. The summed E-state index contributed by atoms with van der Waals surface area (Å²) in [6.07, 6.45) is 52.4. The Morgan fingerprint density at radius 2 is 0.877 bits per heavy atom. The van der Waals surface area contributed by atoms with Crippen molar-refractivity contribution in [2.24, 2.45) is 0 Å². The predicted molar refractivity (Wildman–Crippen MR) is 272 cm³/mol. The van der Waals surface area contributed by atoms with Gasteiger partial charge < -0.3 is 40.3 Å². The molecule has 0 aromatic heterocycles. The molecular weight excluding hydrogens is 815 g/mol. The van der Waals surface area contributed by atoms with Crippen LogP contribution in [0.25, 0.3) is 0 Å². The molecule has 7 unspecified atom stereocenters. The molecule has 9 nitrogen and oxygen atoms in total. The number of hydrogen-bond acceptors (Lipinski definition) is 8. The van der Waals surface area contributed by atoms with E-state index in [1.165, 1.54) is 193 Å². The third kappa shape index (κ3) is 36.1. The van der Waals surface area contributed by atoms with Gasteiger partial charge in [-0.2, -0.15) is 0 Å². The molecule has 0 aromatic carbocycles. The molecule has 0 aliphatic carbocycles. The number of allylic oxidation sites excluding steroid dienone is 5. The molecule has 7 atom stereocenters. The molecular formula is C56H105NO8. The van der Waals surface area contributed by atoms with Crippen molar-refractivity contribution in [3.8, 4) is 0 Å². The third-order valence-corrected chi connectivity index (χ3v) is 13.2. The van der Waals surface area contributed by atoms with Gasteiger partial charge in [-0.1, -0.05) is 243 Å². The van der Waals surface area contributed by atoms with Crippen LogP contribution in [-0.4, -0.2) is 87.5 Å². The van der Waals surface area contributed by atoms with E-state index >= 15 is 0 Å². The summed E-state index contributed by atoms with van der Waals surface area (Å²) in [5, 5.41) is 54.3. The average Bonchev–Trinajstić information content (AvgIpc) is 3.31. The maximum absolute atomic E-state index is 12.9. The van der Waals surface area contributed by atoms with Gasteiger partial charge in [-0.3, -0.25) is 4.79 Å². The molecule has 0 radical (unpaired) electrons. The van der Waals surface area contributed by atoms with Crippen LogP contribution in [-0.2, 0) is 14.3 Å². The average molecular weight is 920 g/mol.